The van der Waals surface area contributed by atoms with Crippen LogP contribution in [-0.2, 0) is 28.9 Å². The van der Waals surface area contributed by atoms with Gasteiger partial charge in [-0.1, -0.05) is 5.16 Å². The van der Waals surface area contributed by atoms with Crippen LogP contribution in [0, 0.1) is 5.92 Å². The van der Waals surface area contributed by atoms with Crippen LogP contribution in [0.3, 0.4) is 0 Å². The van der Waals surface area contributed by atoms with Crippen molar-refractivity contribution in [2.24, 2.45) is 5.92 Å². The molecule has 1 aromatic heterocycles. The average molecular weight is 321 g/mol. The van der Waals surface area contributed by atoms with Gasteiger partial charge in [-0.25, -0.2) is 0 Å². The molecular weight excluding hydrogens is 294 g/mol. The Morgan fingerprint density at radius 1 is 1.30 bits per heavy atom. The summed E-state index contributed by atoms with van der Waals surface area (Å²) in [4.78, 5) is 14.4. The van der Waals surface area contributed by atoms with E-state index in [2.05, 4.69) is 15.4 Å². The molecule has 6 nitrogen and oxygen atoms in total. The predicted molar refractivity (Wildman–Crippen MR) is 86.0 cm³/mol. The first kappa shape index (κ1) is 16.5. The number of fused-ring (bicyclic) bond motifs is 1. The third-order valence-corrected chi connectivity index (χ3v) is 4.77. The Hall–Kier alpha value is -1.40. The number of rotatable bonds is 5. The number of hydrogen-bond acceptors (Lipinski definition) is 5. The van der Waals surface area contributed by atoms with Crippen LogP contribution in [0.2, 0.25) is 0 Å². The highest BCUT2D eigenvalue weighted by Gasteiger charge is 2.27. The molecule has 23 heavy (non-hydrogen) atoms. The SMILES string of the molecule is CN(C)Cc1noc2c1CC(NC(=O)CC1CCOCC1)CC2. The lowest BCUT2D eigenvalue weighted by Crippen LogP contribution is -2.40. The zero-order chi connectivity index (χ0) is 16.2. The lowest BCUT2D eigenvalue weighted by molar-refractivity contribution is -0.123. The highest BCUT2D eigenvalue weighted by Crippen LogP contribution is 2.26. The maximum absolute atomic E-state index is 12.3. The van der Waals surface area contributed by atoms with Gasteiger partial charge >= 0.3 is 0 Å². The van der Waals surface area contributed by atoms with Gasteiger partial charge in [-0.3, -0.25) is 4.79 Å². The number of nitrogens with one attached hydrogen (secondary N) is 1. The average Bonchev–Trinajstić information content (AvgIpc) is 2.90. The van der Waals surface area contributed by atoms with Gasteiger partial charge in [0.15, 0.2) is 0 Å². The molecule has 1 unspecified atom stereocenters. The lowest BCUT2D eigenvalue weighted by atomic mass is 9.91. The summed E-state index contributed by atoms with van der Waals surface area (Å²) in [6.07, 6.45) is 5.26. The monoisotopic (exact) mass is 321 g/mol. The molecule has 128 valence electrons. The van der Waals surface area contributed by atoms with Crippen molar-refractivity contribution in [1.29, 1.82) is 0 Å². The highest BCUT2D eigenvalue weighted by molar-refractivity contribution is 5.76. The summed E-state index contributed by atoms with van der Waals surface area (Å²) in [6.45, 7) is 2.36. The second-order valence-corrected chi connectivity index (χ2v) is 7.04. The van der Waals surface area contributed by atoms with Crippen LogP contribution < -0.4 is 5.32 Å². The molecule has 6 heteroatoms. The molecule has 1 fully saturated rings. The van der Waals surface area contributed by atoms with Gasteiger partial charge in [-0.15, -0.1) is 0 Å². The van der Waals surface area contributed by atoms with E-state index in [-0.39, 0.29) is 11.9 Å². The smallest absolute Gasteiger partial charge is 0.220 e. The summed E-state index contributed by atoms with van der Waals surface area (Å²) in [5.74, 6) is 1.65. The first-order chi connectivity index (χ1) is 11.1. The number of aromatic nitrogens is 1. The second kappa shape index (κ2) is 7.45. The number of ether oxygens (including phenoxy) is 1. The lowest BCUT2D eigenvalue weighted by Gasteiger charge is -2.25. The molecule has 2 aliphatic rings. The van der Waals surface area contributed by atoms with E-state index >= 15 is 0 Å². The molecule has 3 rings (SSSR count). The standard InChI is InChI=1S/C17H27N3O3/c1-20(2)11-15-14-10-13(3-4-16(14)23-19-15)18-17(21)9-12-5-7-22-8-6-12/h12-13H,3-11H2,1-2H3,(H,18,21). The quantitative estimate of drug-likeness (QED) is 0.891. The number of carbonyl (C=O) groups is 1. The third kappa shape index (κ3) is 4.32. The number of carbonyl (C=O) groups excluding carboxylic acids is 1. The fourth-order valence-electron chi connectivity index (χ4n) is 3.51. The van der Waals surface area contributed by atoms with E-state index in [1.54, 1.807) is 0 Å². The molecule has 0 spiro atoms. The Kier molecular flexibility index (Phi) is 5.33. The molecule has 1 aromatic rings. The molecule has 1 atom stereocenters. The Balaban J connectivity index is 1.54. The van der Waals surface area contributed by atoms with Gasteiger partial charge in [0.05, 0.1) is 0 Å². The van der Waals surface area contributed by atoms with Crippen LogP contribution in [0.5, 0.6) is 0 Å². The molecule has 2 heterocycles. The minimum absolute atomic E-state index is 0.177. The van der Waals surface area contributed by atoms with Crippen LogP contribution in [0.25, 0.3) is 0 Å². The largest absolute Gasteiger partial charge is 0.381 e. The molecule has 1 N–H and O–H groups in total. The highest BCUT2D eigenvalue weighted by atomic mass is 16.5. The maximum atomic E-state index is 12.3. The third-order valence-electron chi connectivity index (χ3n) is 4.77. The van der Waals surface area contributed by atoms with E-state index in [1.165, 1.54) is 5.56 Å². The summed E-state index contributed by atoms with van der Waals surface area (Å²) >= 11 is 0. The van der Waals surface area contributed by atoms with Gasteiger partial charge in [0.25, 0.3) is 0 Å². The van der Waals surface area contributed by atoms with E-state index < -0.39 is 0 Å². The fourth-order valence-corrected chi connectivity index (χ4v) is 3.51. The molecule has 1 amide bonds. The van der Waals surface area contributed by atoms with Gasteiger partial charge in [0.2, 0.25) is 5.91 Å². The number of amides is 1. The normalized spacial score (nSPS) is 22.1. The molecule has 0 bridgehead atoms. The Bertz CT molecular complexity index is 535. The van der Waals surface area contributed by atoms with E-state index in [4.69, 9.17) is 9.26 Å². The zero-order valence-electron chi connectivity index (χ0n) is 14.1. The first-order valence-corrected chi connectivity index (χ1v) is 8.60. The van der Waals surface area contributed by atoms with Crippen molar-refractivity contribution in [2.75, 3.05) is 27.3 Å². The molecule has 1 aliphatic heterocycles. The van der Waals surface area contributed by atoms with Gasteiger partial charge in [-0.05, 0) is 45.7 Å². The second-order valence-electron chi connectivity index (χ2n) is 7.04. The van der Waals surface area contributed by atoms with E-state index in [0.717, 1.165) is 63.3 Å². The van der Waals surface area contributed by atoms with Crippen LogP contribution in [0.4, 0.5) is 0 Å². The van der Waals surface area contributed by atoms with E-state index in [0.29, 0.717) is 12.3 Å². The molecule has 0 radical (unpaired) electrons. The minimum Gasteiger partial charge on any atom is -0.381 e. The van der Waals surface area contributed by atoms with Crippen LogP contribution in [-0.4, -0.2) is 49.3 Å². The van der Waals surface area contributed by atoms with E-state index in [1.807, 2.05) is 14.1 Å². The summed E-state index contributed by atoms with van der Waals surface area (Å²) in [7, 11) is 4.05. The van der Waals surface area contributed by atoms with Crippen molar-refractivity contribution in [1.82, 2.24) is 15.4 Å². The first-order valence-electron chi connectivity index (χ1n) is 8.60. The summed E-state index contributed by atoms with van der Waals surface area (Å²) < 4.78 is 10.8. The van der Waals surface area contributed by atoms with Crippen molar-refractivity contribution in [2.45, 2.75) is 51.1 Å². The van der Waals surface area contributed by atoms with Crippen LogP contribution in [0.1, 0.15) is 42.7 Å². The van der Waals surface area contributed by atoms with Gasteiger partial charge in [0.1, 0.15) is 11.5 Å². The molecule has 0 aromatic carbocycles. The summed E-state index contributed by atoms with van der Waals surface area (Å²) in [6, 6.07) is 0.204. The molecular formula is C17H27N3O3. The number of nitrogens with zero attached hydrogens (tertiary/aromatic N) is 2. The Labute approximate surface area is 137 Å². The fraction of sp³-hybridized carbons (Fsp3) is 0.765. The molecule has 0 saturated carbocycles. The molecule has 1 saturated heterocycles. The zero-order valence-corrected chi connectivity index (χ0v) is 14.1. The van der Waals surface area contributed by atoms with Crippen molar-refractivity contribution < 1.29 is 14.1 Å². The number of hydrogen-bond donors (Lipinski definition) is 1. The van der Waals surface area contributed by atoms with Crippen molar-refractivity contribution in [3.8, 4) is 0 Å². The topological polar surface area (TPSA) is 67.6 Å². The van der Waals surface area contributed by atoms with Crippen molar-refractivity contribution in [3.63, 3.8) is 0 Å². The predicted octanol–water partition coefficient (Wildman–Crippen LogP) is 1.53. The summed E-state index contributed by atoms with van der Waals surface area (Å²) in [5, 5.41) is 7.42. The molecule has 1 aliphatic carbocycles. The van der Waals surface area contributed by atoms with Crippen molar-refractivity contribution >= 4 is 5.91 Å². The Morgan fingerprint density at radius 2 is 2.09 bits per heavy atom. The number of aryl methyl sites for hydroxylation is 1. The van der Waals surface area contributed by atoms with Crippen molar-refractivity contribution in [3.05, 3.63) is 17.0 Å². The van der Waals surface area contributed by atoms with Gasteiger partial charge in [-0.2, -0.15) is 0 Å². The van der Waals surface area contributed by atoms with Crippen LogP contribution >= 0.6 is 0 Å². The van der Waals surface area contributed by atoms with Gasteiger partial charge < -0.3 is 19.5 Å². The minimum atomic E-state index is 0.177. The maximum Gasteiger partial charge on any atom is 0.220 e. The summed E-state index contributed by atoms with van der Waals surface area (Å²) in [5.41, 5.74) is 2.20. The van der Waals surface area contributed by atoms with E-state index in [9.17, 15) is 4.79 Å². The van der Waals surface area contributed by atoms with Crippen LogP contribution in [0.15, 0.2) is 4.52 Å². The Morgan fingerprint density at radius 3 is 2.83 bits per heavy atom. The van der Waals surface area contributed by atoms with Gasteiger partial charge in [0, 0.05) is 44.2 Å².